The summed E-state index contributed by atoms with van der Waals surface area (Å²) in [6, 6.07) is 6.45. The lowest BCUT2D eigenvalue weighted by molar-refractivity contribution is 0.0697. The Balaban J connectivity index is 1.90. The van der Waals surface area contributed by atoms with Crippen molar-refractivity contribution in [2.45, 2.75) is 25.4 Å². The van der Waals surface area contributed by atoms with Crippen LogP contribution in [0.1, 0.15) is 35.5 Å². The molecule has 1 saturated heterocycles. The summed E-state index contributed by atoms with van der Waals surface area (Å²) in [5.74, 6) is 0.0104. The second kappa shape index (κ2) is 5.05. The van der Waals surface area contributed by atoms with Gasteiger partial charge in [0.25, 0.3) is 0 Å². The van der Waals surface area contributed by atoms with Crippen molar-refractivity contribution in [1.82, 2.24) is 10.2 Å². The number of aromatic carboxylic acids is 1. The molecule has 6 heteroatoms. The van der Waals surface area contributed by atoms with Crippen LogP contribution in [0.4, 0.5) is 0 Å². The summed E-state index contributed by atoms with van der Waals surface area (Å²) in [4.78, 5) is 11.0. The van der Waals surface area contributed by atoms with E-state index in [0.717, 1.165) is 6.42 Å². The van der Waals surface area contributed by atoms with Crippen molar-refractivity contribution in [2.24, 2.45) is 0 Å². The molecular weight excluding hydrogens is 260 g/mol. The molecule has 1 aliphatic heterocycles. The molecule has 0 radical (unpaired) electrons. The van der Waals surface area contributed by atoms with Crippen molar-refractivity contribution >= 4 is 5.97 Å². The monoisotopic (exact) mass is 274 g/mol. The molecule has 20 heavy (non-hydrogen) atoms. The number of carboxylic acids is 1. The van der Waals surface area contributed by atoms with E-state index in [4.69, 9.17) is 14.3 Å². The van der Waals surface area contributed by atoms with Gasteiger partial charge in [-0.25, -0.2) is 4.79 Å². The van der Waals surface area contributed by atoms with Crippen LogP contribution in [0.5, 0.6) is 0 Å². The first kappa shape index (κ1) is 12.8. The molecule has 0 saturated carbocycles. The van der Waals surface area contributed by atoms with Crippen molar-refractivity contribution < 1.29 is 19.1 Å². The van der Waals surface area contributed by atoms with Crippen LogP contribution in [-0.2, 0) is 4.74 Å². The van der Waals surface area contributed by atoms with Gasteiger partial charge in [-0.15, -0.1) is 10.2 Å². The number of rotatable bonds is 3. The van der Waals surface area contributed by atoms with Crippen LogP contribution in [0.3, 0.4) is 0 Å². The zero-order chi connectivity index (χ0) is 14.1. The molecule has 1 aromatic heterocycles. The standard InChI is InChI=1S/C14H14N2O4/c1-8-11(5-6-19-8)13-16-15-12(20-13)9-3-2-4-10(7-9)14(17)18/h2-4,7-8,11H,5-6H2,1H3,(H,17,18). The molecule has 0 spiro atoms. The molecule has 3 rings (SSSR count). The van der Waals surface area contributed by atoms with Crippen LogP contribution in [0.15, 0.2) is 28.7 Å². The summed E-state index contributed by atoms with van der Waals surface area (Å²) in [6.07, 6.45) is 0.923. The average molecular weight is 274 g/mol. The minimum Gasteiger partial charge on any atom is -0.478 e. The highest BCUT2D eigenvalue weighted by Crippen LogP contribution is 2.31. The number of hydrogen-bond donors (Lipinski definition) is 1. The van der Waals surface area contributed by atoms with Crippen LogP contribution in [0.2, 0.25) is 0 Å². The molecule has 1 aliphatic rings. The predicted molar refractivity (Wildman–Crippen MR) is 69.5 cm³/mol. The summed E-state index contributed by atoms with van der Waals surface area (Å²) in [5.41, 5.74) is 0.801. The van der Waals surface area contributed by atoms with Crippen LogP contribution in [-0.4, -0.2) is 34.0 Å². The molecule has 0 bridgehead atoms. The average Bonchev–Trinajstić information content (AvgIpc) is 3.07. The van der Waals surface area contributed by atoms with Gasteiger partial charge in [0.05, 0.1) is 17.6 Å². The molecule has 1 fully saturated rings. The van der Waals surface area contributed by atoms with Crippen molar-refractivity contribution in [3.63, 3.8) is 0 Å². The van der Waals surface area contributed by atoms with Gasteiger partial charge in [-0.2, -0.15) is 0 Å². The third-order valence-corrected chi connectivity index (χ3v) is 3.49. The summed E-state index contributed by atoms with van der Waals surface area (Å²) in [7, 11) is 0. The van der Waals surface area contributed by atoms with Gasteiger partial charge in [0, 0.05) is 12.2 Å². The summed E-state index contributed by atoms with van der Waals surface area (Å²) >= 11 is 0. The fourth-order valence-electron chi connectivity index (χ4n) is 2.34. The highest BCUT2D eigenvalue weighted by Gasteiger charge is 2.30. The molecule has 0 amide bonds. The first-order valence-corrected chi connectivity index (χ1v) is 6.44. The van der Waals surface area contributed by atoms with Crippen LogP contribution >= 0.6 is 0 Å². The first-order valence-electron chi connectivity index (χ1n) is 6.44. The lowest BCUT2D eigenvalue weighted by Crippen LogP contribution is -2.09. The van der Waals surface area contributed by atoms with Gasteiger partial charge in [-0.05, 0) is 31.5 Å². The van der Waals surface area contributed by atoms with Gasteiger partial charge in [0.15, 0.2) is 0 Å². The van der Waals surface area contributed by atoms with E-state index in [-0.39, 0.29) is 17.6 Å². The Morgan fingerprint density at radius 3 is 2.95 bits per heavy atom. The van der Waals surface area contributed by atoms with Crippen molar-refractivity contribution in [3.8, 4) is 11.5 Å². The molecule has 2 aromatic rings. The zero-order valence-electron chi connectivity index (χ0n) is 10.9. The number of aromatic nitrogens is 2. The van der Waals surface area contributed by atoms with Crippen molar-refractivity contribution in [1.29, 1.82) is 0 Å². The Kier molecular flexibility index (Phi) is 3.23. The number of hydrogen-bond acceptors (Lipinski definition) is 5. The summed E-state index contributed by atoms with van der Waals surface area (Å²) in [5, 5.41) is 17.0. The van der Waals surface area contributed by atoms with E-state index in [0.29, 0.717) is 24.0 Å². The largest absolute Gasteiger partial charge is 0.478 e. The molecule has 2 heterocycles. The molecule has 1 aromatic carbocycles. The minimum atomic E-state index is -0.982. The van der Waals surface area contributed by atoms with E-state index in [2.05, 4.69) is 10.2 Å². The molecule has 0 aliphatic carbocycles. The predicted octanol–water partition coefficient (Wildman–Crippen LogP) is 2.33. The third-order valence-electron chi connectivity index (χ3n) is 3.49. The van der Waals surface area contributed by atoms with Gasteiger partial charge in [-0.1, -0.05) is 6.07 Å². The lowest BCUT2D eigenvalue weighted by Gasteiger charge is -2.08. The third kappa shape index (κ3) is 2.30. The van der Waals surface area contributed by atoms with Crippen LogP contribution in [0, 0.1) is 0 Å². The topological polar surface area (TPSA) is 85.5 Å². The highest BCUT2D eigenvalue weighted by atomic mass is 16.5. The fraction of sp³-hybridized carbons (Fsp3) is 0.357. The van der Waals surface area contributed by atoms with Gasteiger partial charge >= 0.3 is 5.97 Å². The Morgan fingerprint density at radius 2 is 2.25 bits per heavy atom. The molecule has 1 N–H and O–H groups in total. The van der Waals surface area contributed by atoms with E-state index >= 15 is 0 Å². The fourth-order valence-corrected chi connectivity index (χ4v) is 2.34. The first-order chi connectivity index (χ1) is 9.65. The van der Waals surface area contributed by atoms with E-state index < -0.39 is 5.97 Å². The maximum Gasteiger partial charge on any atom is 0.335 e. The van der Waals surface area contributed by atoms with E-state index in [1.54, 1.807) is 12.1 Å². The lowest BCUT2D eigenvalue weighted by atomic mass is 10.0. The van der Waals surface area contributed by atoms with Crippen molar-refractivity contribution in [2.75, 3.05) is 6.61 Å². The molecular formula is C14H14N2O4. The maximum absolute atomic E-state index is 11.0. The number of carbonyl (C=O) groups is 1. The Hall–Kier alpha value is -2.21. The number of nitrogens with zero attached hydrogens (tertiary/aromatic N) is 2. The quantitative estimate of drug-likeness (QED) is 0.924. The Morgan fingerprint density at radius 1 is 1.40 bits per heavy atom. The normalized spacial score (nSPS) is 22.1. The Bertz CT molecular complexity index is 638. The van der Waals surface area contributed by atoms with Crippen molar-refractivity contribution in [3.05, 3.63) is 35.7 Å². The van der Waals surface area contributed by atoms with Crippen LogP contribution < -0.4 is 0 Å². The van der Waals surface area contributed by atoms with Crippen LogP contribution in [0.25, 0.3) is 11.5 Å². The van der Waals surface area contributed by atoms with Gasteiger partial charge in [-0.3, -0.25) is 0 Å². The molecule has 104 valence electrons. The molecule has 6 nitrogen and oxygen atoms in total. The zero-order valence-corrected chi connectivity index (χ0v) is 10.9. The smallest absolute Gasteiger partial charge is 0.335 e. The van der Waals surface area contributed by atoms with Gasteiger partial charge < -0.3 is 14.3 Å². The van der Waals surface area contributed by atoms with E-state index in [1.165, 1.54) is 12.1 Å². The van der Waals surface area contributed by atoms with E-state index in [1.807, 2.05) is 6.92 Å². The highest BCUT2D eigenvalue weighted by molar-refractivity contribution is 5.88. The summed E-state index contributed by atoms with van der Waals surface area (Å²) < 4.78 is 11.1. The van der Waals surface area contributed by atoms with Gasteiger partial charge in [0.2, 0.25) is 11.8 Å². The SMILES string of the molecule is CC1OCCC1c1nnc(-c2cccc(C(=O)O)c2)o1. The number of ether oxygens (including phenoxy) is 1. The number of benzene rings is 1. The summed E-state index contributed by atoms with van der Waals surface area (Å²) in [6.45, 7) is 2.67. The second-order valence-corrected chi connectivity index (χ2v) is 4.80. The molecule has 2 unspecified atom stereocenters. The number of carboxylic acid groups (broad SMARTS) is 1. The molecule has 2 atom stereocenters. The second-order valence-electron chi connectivity index (χ2n) is 4.80. The Labute approximate surface area is 115 Å². The maximum atomic E-state index is 11.0. The minimum absolute atomic E-state index is 0.0636. The van der Waals surface area contributed by atoms with Gasteiger partial charge in [0.1, 0.15) is 0 Å². The van der Waals surface area contributed by atoms with E-state index in [9.17, 15) is 4.79 Å².